The van der Waals surface area contributed by atoms with Crippen LogP contribution in [-0.4, -0.2) is 59.8 Å². The number of sulfone groups is 1. The third-order valence-electron chi connectivity index (χ3n) is 4.86. The smallest absolute Gasteiger partial charge is 0.228 e. The molecule has 0 aliphatic carbocycles. The van der Waals surface area contributed by atoms with Crippen LogP contribution in [0, 0.1) is 12.8 Å². The largest absolute Gasteiger partial charge is 0.365 e. The van der Waals surface area contributed by atoms with Gasteiger partial charge in [-0.2, -0.15) is 0 Å². The normalized spacial score (nSPS) is 25.6. The average molecular weight is 380 g/mol. The number of aromatic nitrogens is 2. The van der Waals surface area contributed by atoms with E-state index in [0.29, 0.717) is 5.82 Å². The first-order chi connectivity index (χ1) is 11.9. The van der Waals surface area contributed by atoms with Gasteiger partial charge in [0.15, 0.2) is 9.84 Å². The number of likely N-dealkylation sites (tertiary alicyclic amines) is 1. The van der Waals surface area contributed by atoms with Gasteiger partial charge in [-0.1, -0.05) is 0 Å². The minimum Gasteiger partial charge on any atom is -0.365 e. The van der Waals surface area contributed by atoms with Gasteiger partial charge in [-0.15, -0.1) is 11.3 Å². The van der Waals surface area contributed by atoms with E-state index in [1.54, 1.807) is 16.2 Å². The van der Waals surface area contributed by atoms with Crippen molar-refractivity contribution in [3.05, 3.63) is 17.3 Å². The second-order valence-electron chi connectivity index (χ2n) is 6.76. The lowest BCUT2D eigenvalue weighted by atomic mass is 10.0. The van der Waals surface area contributed by atoms with Crippen LogP contribution >= 0.6 is 11.3 Å². The maximum Gasteiger partial charge on any atom is 0.228 e. The lowest BCUT2D eigenvalue weighted by Gasteiger charge is -2.24. The summed E-state index contributed by atoms with van der Waals surface area (Å²) in [4.78, 5) is 25.1. The first-order valence-corrected chi connectivity index (χ1v) is 11.0. The Morgan fingerprint density at radius 1 is 1.28 bits per heavy atom. The molecule has 134 valence electrons. The van der Waals surface area contributed by atoms with Gasteiger partial charge in [-0.25, -0.2) is 18.4 Å². The lowest BCUT2D eigenvalue weighted by molar-refractivity contribution is -0.133. The van der Waals surface area contributed by atoms with E-state index in [0.717, 1.165) is 41.0 Å². The number of anilines is 1. The molecule has 9 heteroatoms. The Morgan fingerprint density at radius 2 is 2.04 bits per heavy atom. The van der Waals surface area contributed by atoms with Crippen molar-refractivity contribution in [2.75, 3.05) is 29.9 Å². The molecule has 7 nitrogen and oxygen atoms in total. The summed E-state index contributed by atoms with van der Waals surface area (Å²) in [5.41, 5.74) is 0. The zero-order chi connectivity index (χ0) is 17.6. The average Bonchev–Trinajstić information content (AvgIpc) is 3.25. The number of carbonyl (C=O) groups is 1. The molecule has 0 unspecified atom stereocenters. The van der Waals surface area contributed by atoms with Crippen molar-refractivity contribution in [1.29, 1.82) is 0 Å². The first kappa shape index (κ1) is 16.7. The van der Waals surface area contributed by atoms with Crippen molar-refractivity contribution < 1.29 is 13.2 Å². The Balaban J connectivity index is 1.63. The molecule has 1 N–H and O–H groups in total. The summed E-state index contributed by atoms with van der Waals surface area (Å²) in [6, 6.07) is 1.54. The topological polar surface area (TPSA) is 92.3 Å². The van der Waals surface area contributed by atoms with Gasteiger partial charge in [-0.3, -0.25) is 4.79 Å². The summed E-state index contributed by atoms with van der Waals surface area (Å²) in [7, 11) is -3.24. The molecule has 2 saturated heterocycles. The molecule has 0 saturated carbocycles. The van der Waals surface area contributed by atoms with Crippen LogP contribution in [0.5, 0.6) is 0 Å². The van der Waals surface area contributed by atoms with E-state index in [1.165, 1.54) is 6.33 Å². The summed E-state index contributed by atoms with van der Waals surface area (Å²) >= 11 is 1.57. The molecule has 2 aromatic heterocycles. The van der Waals surface area contributed by atoms with Crippen molar-refractivity contribution >= 4 is 43.1 Å². The molecule has 0 bridgehead atoms. The second kappa shape index (κ2) is 6.21. The summed E-state index contributed by atoms with van der Waals surface area (Å²) < 4.78 is 24.4. The van der Waals surface area contributed by atoms with E-state index in [-0.39, 0.29) is 17.4 Å². The molecular formula is C16H20N4O3S2. The SMILES string of the molecule is Cc1cc2c(N[C@@H]3CS(=O)(=O)C[C@H]3C(=O)N3CCCC3)ncnc2s1. The fourth-order valence-corrected chi connectivity index (χ4v) is 6.44. The van der Waals surface area contributed by atoms with E-state index in [4.69, 9.17) is 0 Å². The Hall–Kier alpha value is -1.74. The zero-order valence-electron chi connectivity index (χ0n) is 13.9. The Kier molecular flexibility index (Phi) is 4.15. The van der Waals surface area contributed by atoms with Crippen LogP contribution in [0.3, 0.4) is 0 Å². The van der Waals surface area contributed by atoms with Crippen LogP contribution in [0.2, 0.25) is 0 Å². The van der Waals surface area contributed by atoms with Crippen molar-refractivity contribution in [2.45, 2.75) is 25.8 Å². The highest BCUT2D eigenvalue weighted by Crippen LogP contribution is 2.31. The van der Waals surface area contributed by atoms with Crippen LogP contribution in [0.4, 0.5) is 5.82 Å². The van der Waals surface area contributed by atoms with Crippen LogP contribution in [0.15, 0.2) is 12.4 Å². The molecule has 4 heterocycles. The highest BCUT2D eigenvalue weighted by molar-refractivity contribution is 7.91. The van der Waals surface area contributed by atoms with E-state index in [1.807, 2.05) is 13.0 Å². The molecule has 2 fully saturated rings. The van der Waals surface area contributed by atoms with Gasteiger partial charge >= 0.3 is 0 Å². The van der Waals surface area contributed by atoms with Gasteiger partial charge in [0.1, 0.15) is 17.0 Å². The molecule has 2 aromatic rings. The maximum absolute atomic E-state index is 12.8. The molecule has 2 aliphatic heterocycles. The molecule has 2 aliphatic rings. The maximum atomic E-state index is 12.8. The Bertz CT molecular complexity index is 919. The monoisotopic (exact) mass is 380 g/mol. The predicted molar refractivity (Wildman–Crippen MR) is 97.5 cm³/mol. The number of aryl methyl sites for hydroxylation is 1. The third-order valence-corrected chi connectivity index (χ3v) is 7.55. The predicted octanol–water partition coefficient (Wildman–Crippen LogP) is 1.45. The number of rotatable bonds is 3. The number of hydrogen-bond donors (Lipinski definition) is 1. The van der Waals surface area contributed by atoms with Crippen molar-refractivity contribution in [1.82, 2.24) is 14.9 Å². The summed E-state index contributed by atoms with van der Waals surface area (Å²) in [6.07, 6.45) is 3.45. The summed E-state index contributed by atoms with van der Waals surface area (Å²) in [5.74, 6) is -0.116. The molecule has 4 rings (SSSR count). The van der Waals surface area contributed by atoms with Gasteiger partial charge in [0.2, 0.25) is 5.91 Å². The van der Waals surface area contributed by atoms with E-state index >= 15 is 0 Å². The van der Waals surface area contributed by atoms with Crippen LogP contribution < -0.4 is 5.32 Å². The minimum atomic E-state index is -3.24. The highest BCUT2D eigenvalue weighted by atomic mass is 32.2. The highest BCUT2D eigenvalue weighted by Gasteiger charge is 2.44. The van der Waals surface area contributed by atoms with Crippen LogP contribution in [-0.2, 0) is 14.6 Å². The quantitative estimate of drug-likeness (QED) is 0.866. The zero-order valence-corrected chi connectivity index (χ0v) is 15.6. The number of nitrogens with one attached hydrogen (secondary N) is 1. The Labute approximate surface area is 150 Å². The fraction of sp³-hybridized carbons (Fsp3) is 0.562. The fourth-order valence-electron chi connectivity index (χ4n) is 3.67. The molecule has 0 radical (unpaired) electrons. The van der Waals surface area contributed by atoms with Gasteiger partial charge in [0.25, 0.3) is 0 Å². The molecule has 0 aromatic carbocycles. The molecule has 25 heavy (non-hydrogen) atoms. The standard InChI is InChI=1S/C16H20N4O3S2/c1-10-6-11-14(17-9-18-15(11)24-10)19-13-8-25(22,23)7-12(13)16(21)20-4-2-3-5-20/h6,9,12-13H,2-5,7-8H2,1H3,(H,17,18,19)/t12-,13-/m1/s1. The van der Waals surface area contributed by atoms with Gasteiger partial charge in [0, 0.05) is 18.0 Å². The van der Waals surface area contributed by atoms with Crippen molar-refractivity contribution in [3.8, 4) is 0 Å². The van der Waals surface area contributed by atoms with Crippen LogP contribution in [0.25, 0.3) is 10.2 Å². The number of amides is 1. The van der Waals surface area contributed by atoms with Crippen LogP contribution in [0.1, 0.15) is 17.7 Å². The first-order valence-electron chi connectivity index (χ1n) is 8.40. The number of nitrogens with zero attached hydrogens (tertiary/aromatic N) is 3. The van der Waals surface area contributed by atoms with Gasteiger partial charge in [-0.05, 0) is 25.8 Å². The third kappa shape index (κ3) is 3.22. The summed E-state index contributed by atoms with van der Waals surface area (Å²) in [6.45, 7) is 3.45. The number of thiophene rings is 1. The minimum absolute atomic E-state index is 0.0359. The van der Waals surface area contributed by atoms with E-state index < -0.39 is 21.8 Å². The summed E-state index contributed by atoms with van der Waals surface area (Å²) in [5, 5.41) is 4.11. The van der Waals surface area contributed by atoms with Crippen molar-refractivity contribution in [3.63, 3.8) is 0 Å². The molecule has 0 spiro atoms. The lowest BCUT2D eigenvalue weighted by Crippen LogP contribution is -2.42. The molecule has 1 amide bonds. The number of carbonyl (C=O) groups excluding carboxylic acids is 1. The Morgan fingerprint density at radius 3 is 2.80 bits per heavy atom. The molecular weight excluding hydrogens is 360 g/mol. The van der Waals surface area contributed by atoms with Crippen molar-refractivity contribution in [2.24, 2.45) is 5.92 Å². The second-order valence-corrected chi connectivity index (χ2v) is 10.2. The van der Waals surface area contributed by atoms with E-state index in [2.05, 4.69) is 15.3 Å². The van der Waals surface area contributed by atoms with Gasteiger partial charge in [0.05, 0.1) is 28.9 Å². The number of fused-ring (bicyclic) bond motifs is 1. The van der Waals surface area contributed by atoms with E-state index in [9.17, 15) is 13.2 Å². The number of hydrogen-bond acceptors (Lipinski definition) is 7. The molecule has 2 atom stereocenters. The van der Waals surface area contributed by atoms with Gasteiger partial charge < -0.3 is 10.2 Å².